The van der Waals surface area contributed by atoms with Crippen molar-refractivity contribution in [1.82, 2.24) is 10.6 Å². The first-order valence-electron chi connectivity index (χ1n) is 9.16. The number of hydrogen-bond donors (Lipinski definition) is 2. The number of rotatable bonds is 8. The van der Waals surface area contributed by atoms with Gasteiger partial charge < -0.3 is 15.4 Å². The highest BCUT2D eigenvalue weighted by Gasteiger charge is 2.32. The van der Waals surface area contributed by atoms with E-state index in [4.69, 9.17) is 21.3 Å². The molecule has 0 aliphatic carbocycles. The minimum atomic E-state index is 0.225. The molecule has 0 spiro atoms. The van der Waals surface area contributed by atoms with E-state index in [0.717, 1.165) is 68.8 Å². The largest absolute Gasteiger partial charge is 0.381 e. The Labute approximate surface area is 161 Å². The zero-order valence-electron chi connectivity index (χ0n) is 15.3. The maximum absolute atomic E-state index is 6.05. The number of nitrogens with one attached hydrogen (secondary N) is 2. The molecule has 1 aliphatic rings. The molecular formula is C19H30ClN3OS. The van der Waals surface area contributed by atoms with E-state index >= 15 is 0 Å². The maximum atomic E-state index is 6.05. The quantitative estimate of drug-likeness (QED) is 0.530. The van der Waals surface area contributed by atoms with Gasteiger partial charge in [-0.05, 0) is 49.6 Å². The fourth-order valence-corrected chi connectivity index (χ4v) is 4.42. The highest BCUT2D eigenvalue weighted by molar-refractivity contribution is 8.00. The molecule has 1 aromatic carbocycles. The minimum absolute atomic E-state index is 0.225. The van der Waals surface area contributed by atoms with E-state index in [9.17, 15) is 0 Å². The van der Waals surface area contributed by atoms with Crippen molar-refractivity contribution < 1.29 is 4.74 Å². The Bertz CT molecular complexity index is 542. The van der Waals surface area contributed by atoms with Crippen LogP contribution in [0, 0.1) is 0 Å². The average molecular weight is 384 g/mol. The van der Waals surface area contributed by atoms with E-state index in [1.54, 1.807) is 0 Å². The van der Waals surface area contributed by atoms with E-state index in [-0.39, 0.29) is 4.75 Å². The summed E-state index contributed by atoms with van der Waals surface area (Å²) in [5, 5.41) is 7.58. The van der Waals surface area contributed by atoms with Gasteiger partial charge in [0.2, 0.25) is 0 Å². The second-order valence-corrected chi connectivity index (χ2v) is 8.40. The first-order chi connectivity index (χ1) is 12.2. The molecule has 1 fully saturated rings. The molecule has 1 aromatic rings. The first-order valence-corrected chi connectivity index (χ1v) is 10.5. The SMILES string of the molecule is CCNC(=NCC1(SCC)CCOCC1)NCCc1cccc(Cl)c1. The van der Waals surface area contributed by atoms with Crippen LogP contribution in [0.3, 0.4) is 0 Å². The van der Waals surface area contributed by atoms with Crippen LogP contribution in [-0.2, 0) is 11.2 Å². The van der Waals surface area contributed by atoms with E-state index in [0.29, 0.717) is 0 Å². The predicted octanol–water partition coefficient (Wildman–Crippen LogP) is 3.74. The van der Waals surface area contributed by atoms with E-state index in [1.165, 1.54) is 5.56 Å². The van der Waals surface area contributed by atoms with Gasteiger partial charge in [0, 0.05) is 36.1 Å². The van der Waals surface area contributed by atoms with Crippen LogP contribution in [-0.4, -0.2) is 49.3 Å². The summed E-state index contributed by atoms with van der Waals surface area (Å²) in [5.74, 6) is 2.01. The molecule has 1 saturated heterocycles. The van der Waals surface area contributed by atoms with Crippen LogP contribution in [0.15, 0.2) is 29.3 Å². The molecule has 25 heavy (non-hydrogen) atoms. The van der Waals surface area contributed by atoms with Crippen molar-refractivity contribution in [3.63, 3.8) is 0 Å². The number of guanidine groups is 1. The number of aliphatic imine (C=N–C) groups is 1. The van der Waals surface area contributed by atoms with Gasteiger partial charge in [0.15, 0.2) is 5.96 Å². The molecule has 0 saturated carbocycles. The lowest BCUT2D eigenvalue weighted by Gasteiger charge is -2.35. The van der Waals surface area contributed by atoms with Crippen LogP contribution in [0.4, 0.5) is 0 Å². The molecule has 0 atom stereocenters. The summed E-state index contributed by atoms with van der Waals surface area (Å²) in [5.41, 5.74) is 1.23. The number of thioether (sulfide) groups is 1. The second kappa shape index (κ2) is 10.9. The van der Waals surface area contributed by atoms with E-state index in [2.05, 4.69) is 30.5 Å². The summed E-state index contributed by atoms with van der Waals surface area (Å²) in [6, 6.07) is 8.02. The topological polar surface area (TPSA) is 45.7 Å². The molecule has 2 rings (SSSR count). The van der Waals surface area contributed by atoms with Gasteiger partial charge in [-0.3, -0.25) is 4.99 Å². The van der Waals surface area contributed by atoms with Crippen molar-refractivity contribution >= 4 is 29.3 Å². The summed E-state index contributed by atoms with van der Waals surface area (Å²) in [4.78, 5) is 4.87. The molecule has 6 heteroatoms. The molecule has 0 aromatic heterocycles. The van der Waals surface area contributed by atoms with Crippen LogP contribution in [0.25, 0.3) is 0 Å². The van der Waals surface area contributed by atoms with E-state index < -0.39 is 0 Å². The second-order valence-electron chi connectivity index (χ2n) is 6.23. The summed E-state index contributed by atoms with van der Waals surface area (Å²) >= 11 is 8.07. The van der Waals surface area contributed by atoms with Crippen molar-refractivity contribution in [3.8, 4) is 0 Å². The molecule has 4 nitrogen and oxygen atoms in total. The number of hydrogen-bond acceptors (Lipinski definition) is 3. The third-order valence-corrected chi connectivity index (χ3v) is 5.99. The summed E-state index contributed by atoms with van der Waals surface area (Å²) in [6.07, 6.45) is 3.08. The van der Waals surface area contributed by atoms with Crippen molar-refractivity contribution in [2.45, 2.75) is 37.9 Å². The number of nitrogens with zero attached hydrogens (tertiary/aromatic N) is 1. The van der Waals surface area contributed by atoms with Gasteiger partial charge in [-0.15, -0.1) is 0 Å². The lowest BCUT2D eigenvalue weighted by Crippen LogP contribution is -2.41. The van der Waals surface area contributed by atoms with Gasteiger partial charge in [-0.2, -0.15) is 11.8 Å². The highest BCUT2D eigenvalue weighted by Crippen LogP contribution is 2.35. The van der Waals surface area contributed by atoms with Crippen molar-refractivity contribution in [1.29, 1.82) is 0 Å². The third-order valence-electron chi connectivity index (χ3n) is 4.32. The van der Waals surface area contributed by atoms with Gasteiger partial charge in [-0.25, -0.2) is 0 Å². The molecule has 0 bridgehead atoms. The van der Waals surface area contributed by atoms with Crippen LogP contribution >= 0.6 is 23.4 Å². The average Bonchev–Trinajstić information content (AvgIpc) is 2.61. The zero-order chi connectivity index (χ0) is 18.0. The Morgan fingerprint density at radius 2 is 2.08 bits per heavy atom. The third kappa shape index (κ3) is 7.08. The number of ether oxygens (including phenoxy) is 1. The monoisotopic (exact) mass is 383 g/mol. The molecule has 0 unspecified atom stereocenters. The van der Waals surface area contributed by atoms with E-state index in [1.807, 2.05) is 30.0 Å². The Balaban J connectivity index is 1.90. The summed E-state index contributed by atoms with van der Waals surface area (Å²) in [7, 11) is 0. The van der Waals surface area contributed by atoms with Gasteiger partial charge >= 0.3 is 0 Å². The molecule has 140 valence electrons. The number of halogens is 1. The van der Waals surface area contributed by atoms with Gasteiger partial charge in [0.25, 0.3) is 0 Å². The van der Waals surface area contributed by atoms with Crippen molar-refractivity contribution in [2.75, 3.05) is 38.6 Å². The zero-order valence-corrected chi connectivity index (χ0v) is 16.9. The van der Waals surface area contributed by atoms with Crippen LogP contribution in [0.5, 0.6) is 0 Å². The standard InChI is InChI=1S/C19H30ClN3OS/c1-3-21-18(22-11-8-16-6-5-7-17(20)14-16)23-15-19(25-4-2)9-12-24-13-10-19/h5-7,14H,3-4,8-13,15H2,1-2H3,(H2,21,22,23). The fraction of sp³-hybridized carbons (Fsp3) is 0.632. The first kappa shape index (κ1) is 20.4. The molecule has 1 heterocycles. The minimum Gasteiger partial charge on any atom is -0.381 e. The molecule has 2 N–H and O–H groups in total. The van der Waals surface area contributed by atoms with Crippen molar-refractivity contribution in [3.05, 3.63) is 34.9 Å². The smallest absolute Gasteiger partial charge is 0.191 e. The Hall–Kier alpha value is -0.910. The molecule has 0 radical (unpaired) electrons. The van der Waals surface area contributed by atoms with Crippen molar-refractivity contribution in [2.24, 2.45) is 4.99 Å². The van der Waals surface area contributed by atoms with Gasteiger partial charge in [0.1, 0.15) is 0 Å². The van der Waals surface area contributed by atoms with Crippen LogP contribution in [0.2, 0.25) is 5.02 Å². The Kier molecular flexibility index (Phi) is 8.93. The Morgan fingerprint density at radius 3 is 2.76 bits per heavy atom. The lowest BCUT2D eigenvalue weighted by molar-refractivity contribution is 0.0793. The normalized spacial score (nSPS) is 17.3. The molecule has 0 amide bonds. The number of benzene rings is 1. The fourth-order valence-electron chi connectivity index (χ4n) is 2.98. The molecule has 1 aliphatic heterocycles. The Morgan fingerprint density at radius 1 is 1.28 bits per heavy atom. The molecular weight excluding hydrogens is 354 g/mol. The van der Waals surface area contributed by atoms with Crippen LogP contribution in [0.1, 0.15) is 32.3 Å². The summed E-state index contributed by atoms with van der Waals surface area (Å²) in [6.45, 7) is 8.55. The lowest BCUT2D eigenvalue weighted by atomic mass is 9.99. The van der Waals surface area contributed by atoms with Gasteiger partial charge in [0.05, 0.1) is 6.54 Å². The van der Waals surface area contributed by atoms with Crippen LogP contribution < -0.4 is 10.6 Å². The maximum Gasteiger partial charge on any atom is 0.191 e. The summed E-state index contributed by atoms with van der Waals surface area (Å²) < 4.78 is 5.77. The van der Waals surface area contributed by atoms with Gasteiger partial charge in [-0.1, -0.05) is 30.7 Å². The predicted molar refractivity (Wildman–Crippen MR) is 110 cm³/mol. The highest BCUT2D eigenvalue weighted by atomic mass is 35.5.